The molecule has 66 valence electrons. The fourth-order valence-electron chi connectivity index (χ4n) is 1.43. The van der Waals surface area contributed by atoms with Crippen LogP contribution in [0.15, 0.2) is 52.7 Å². The van der Waals surface area contributed by atoms with Crippen LogP contribution in [0.25, 0.3) is 5.08 Å². The lowest BCUT2D eigenvalue weighted by Crippen LogP contribution is -2.13. The Morgan fingerprint density at radius 3 is 2.64 bits per heavy atom. The molecule has 0 atom stereocenters. The second-order valence-electron chi connectivity index (χ2n) is 2.87. The van der Waals surface area contributed by atoms with Gasteiger partial charge in [-0.1, -0.05) is 24.3 Å². The van der Waals surface area contributed by atoms with Crippen molar-refractivity contribution in [1.29, 1.82) is 10.8 Å². The lowest BCUT2D eigenvalue weighted by Gasteiger charge is -2.14. The van der Waals surface area contributed by atoms with Gasteiger partial charge in [0, 0.05) is 11.1 Å². The molecule has 2 rings (SSSR count). The predicted octanol–water partition coefficient (Wildman–Crippen LogP) is 2.21. The van der Waals surface area contributed by atoms with Crippen LogP contribution in [0.3, 0.4) is 0 Å². The van der Waals surface area contributed by atoms with Gasteiger partial charge in [-0.25, -0.2) is 0 Å². The number of allylic oxidation sites excluding steroid dienone is 8. The molecule has 0 saturated carbocycles. The first-order chi connectivity index (χ1) is 6.83. The monoisotopic (exact) mass is 183 g/mol. The summed E-state index contributed by atoms with van der Waals surface area (Å²) in [6.45, 7) is 0. The molecule has 4 heteroatoms. The maximum atomic E-state index is 8.36. The molecule has 0 amide bonds. The summed E-state index contributed by atoms with van der Waals surface area (Å²) in [6, 6.07) is 0. The van der Waals surface area contributed by atoms with Crippen molar-refractivity contribution in [3.63, 3.8) is 0 Å². The van der Waals surface area contributed by atoms with E-state index in [1.807, 2.05) is 12.2 Å². The first kappa shape index (κ1) is 8.32. The summed E-state index contributed by atoms with van der Waals surface area (Å²) in [7, 11) is 0. The molecule has 0 fully saturated rings. The first-order valence-corrected chi connectivity index (χ1v) is 4.11. The second kappa shape index (κ2) is 3.23. The zero-order valence-corrected chi connectivity index (χ0v) is 7.31. The van der Waals surface area contributed by atoms with Crippen LogP contribution in [0.1, 0.15) is 0 Å². The van der Waals surface area contributed by atoms with Gasteiger partial charge in [-0.15, -0.1) is 0 Å². The smallest absolute Gasteiger partial charge is 0.300 e. The van der Waals surface area contributed by atoms with Crippen LogP contribution in [0.5, 0.6) is 0 Å². The summed E-state index contributed by atoms with van der Waals surface area (Å²) in [6.07, 6.45) is 10.7. The third-order valence-corrected chi connectivity index (χ3v) is 2.05. The van der Waals surface area contributed by atoms with Crippen molar-refractivity contribution in [3.8, 4) is 0 Å². The summed E-state index contributed by atoms with van der Waals surface area (Å²) in [5.41, 5.74) is 2.63. The highest BCUT2D eigenvalue weighted by molar-refractivity contribution is 6.24. The minimum atomic E-state index is 0.442. The topological polar surface area (TPSA) is 64.4 Å². The second-order valence-corrected chi connectivity index (χ2v) is 2.87. The highest BCUT2D eigenvalue weighted by Crippen LogP contribution is 2.22. The number of nitrogens with zero attached hydrogens (tertiary/aromatic N) is 3. The number of diazo groups is 1. The number of hydrogen-bond donors (Lipinski definition) is 1. The SMILES string of the molecule is N#[N+]N=C1C=CC=C2C(=N)C=CC=C21. The molecule has 0 bridgehead atoms. The van der Waals surface area contributed by atoms with Crippen molar-refractivity contribution in [2.45, 2.75) is 0 Å². The van der Waals surface area contributed by atoms with Crippen LogP contribution in [-0.4, -0.2) is 11.4 Å². The maximum Gasteiger partial charge on any atom is 0.339 e. The Morgan fingerprint density at radius 1 is 1.14 bits per heavy atom. The summed E-state index contributed by atoms with van der Waals surface area (Å²) < 4.78 is 0. The molecule has 0 aliphatic heterocycles. The zero-order valence-electron chi connectivity index (χ0n) is 7.31. The molecule has 2 aliphatic carbocycles. The Morgan fingerprint density at radius 2 is 1.86 bits per heavy atom. The fraction of sp³-hybridized carbons (Fsp3) is 0. The maximum absolute atomic E-state index is 8.36. The molecular weight excluding hydrogens is 176 g/mol. The summed E-state index contributed by atoms with van der Waals surface area (Å²) in [5, 5.41) is 22.3. The van der Waals surface area contributed by atoms with Gasteiger partial charge < -0.3 is 5.41 Å². The molecule has 0 aromatic rings. The van der Waals surface area contributed by atoms with Gasteiger partial charge in [0.2, 0.25) is 0 Å². The van der Waals surface area contributed by atoms with Crippen LogP contribution in [0.2, 0.25) is 0 Å². The van der Waals surface area contributed by atoms with Crippen molar-refractivity contribution in [2.75, 3.05) is 0 Å². The molecule has 0 radical (unpaired) electrons. The average molecular weight is 183 g/mol. The van der Waals surface area contributed by atoms with Gasteiger partial charge in [0.05, 0.1) is 5.71 Å². The summed E-state index contributed by atoms with van der Waals surface area (Å²) in [4.78, 5) is 0. The van der Waals surface area contributed by atoms with E-state index in [0.717, 1.165) is 11.1 Å². The van der Waals surface area contributed by atoms with E-state index in [-0.39, 0.29) is 0 Å². The van der Waals surface area contributed by atoms with Crippen LogP contribution >= 0.6 is 0 Å². The third kappa shape index (κ3) is 1.21. The van der Waals surface area contributed by atoms with E-state index in [2.05, 4.69) is 10.2 Å². The molecule has 0 aromatic carbocycles. The predicted molar refractivity (Wildman–Crippen MR) is 54.7 cm³/mol. The van der Waals surface area contributed by atoms with Crippen molar-refractivity contribution in [1.82, 2.24) is 0 Å². The van der Waals surface area contributed by atoms with Gasteiger partial charge in [-0.3, -0.25) is 0 Å². The first-order valence-electron chi connectivity index (χ1n) is 4.11. The third-order valence-electron chi connectivity index (χ3n) is 2.05. The van der Waals surface area contributed by atoms with Crippen molar-refractivity contribution in [3.05, 3.63) is 52.7 Å². The molecule has 0 unspecified atom stereocenters. The van der Waals surface area contributed by atoms with Crippen LogP contribution in [-0.2, 0) is 0 Å². The van der Waals surface area contributed by atoms with Crippen LogP contribution in [0.4, 0.5) is 0 Å². The molecule has 1 N–H and O–H groups in total. The van der Waals surface area contributed by atoms with Gasteiger partial charge in [-0.05, 0) is 12.2 Å². The van der Waals surface area contributed by atoms with Crippen molar-refractivity contribution in [2.24, 2.45) is 5.10 Å². The van der Waals surface area contributed by atoms with E-state index in [4.69, 9.17) is 10.8 Å². The largest absolute Gasteiger partial charge is 0.339 e. The van der Waals surface area contributed by atoms with Gasteiger partial charge in [0.15, 0.2) is 10.8 Å². The molecule has 0 heterocycles. The summed E-state index contributed by atoms with van der Waals surface area (Å²) in [5.74, 6) is 0. The Hall–Kier alpha value is -2.28. The lowest BCUT2D eigenvalue weighted by atomic mass is 9.89. The number of rotatable bonds is 0. The van der Waals surface area contributed by atoms with Crippen molar-refractivity contribution < 1.29 is 0 Å². The summed E-state index contributed by atoms with van der Waals surface area (Å²) >= 11 is 0. The molecular formula is C10H7N4+. The zero-order chi connectivity index (χ0) is 9.97. The molecule has 2 aliphatic rings. The molecule has 0 saturated heterocycles. The quantitative estimate of drug-likeness (QED) is 0.454. The standard InChI is InChI=1S/C10H7N4/c11-9-5-1-4-8-7(9)3-2-6-10(8)13-14-12/h1-6,11H/q+1. The van der Waals surface area contributed by atoms with E-state index >= 15 is 0 Å². The highest BCUT2D eigenvalue weighted by Gasteiger charge is 2.20. The molecule has 0 spiro atoms. The normalized spacial score (nSPS) is 21.4. The number of nitrogens with one attached hydrogen (secondary N) is 1. The van der Waals surface area contributed by atoms with E-state index in [9.17, 15) is 0 Å². The van der Waals surface area contributed by atoms with Gasteiger partial charge >= 0.3 is 5.08 Å². The molecule has 0 aromatic heterocycles. The molecule has 14 heavy (non-hydrogen) atoms. The van der Waals surface area contributed by atoms with Gasteiger partial charge in [0.1, 0.15) is 0 Å². The minimum Gasteiger partial charge on any atom is -0.300 e. The Labute approximate surface area is 80.8 Å². The van der Waals surface area contributed by atoms with Crippen molar-refractivity contribution >= 4 is 11.4 Å². The number of fused-ring (bicyclic) bond motifs is 1. The van der Waals surface area contributed by atoms with Gasteiger partial charge in [0.25, 0.3) is 5.39 Å². The van der Waals surface area contributed by atoms with E-state index in [1.165, 1.54) is 0 Å². The Kier molecular flexibility index (Phi) is 1.92. The number of hydrogen-bond acceptors (Lipinski definition) is 3. The van der Waals surface area contributed by atoms with E-state index in [0.29, 0.717) is 11.4 Å². The van der Waals surface area contributed by atoms with E-state index in [1.54, 1.807) is 24.3 Å². The van der Waals surface area contributed by atoms with Crippen LogP contribution < -0.4 is 0 Å². The Balaban J connectivity index is 2.54. The van der Waals surface area contributed by atoms with Gasteiger partial charge in [-0.2, -0.15) is 0 Å². The van der Waals surface area contributed by atoms with E-state index < -0.39 is 0 Å². The Bertz CT molecular complexity index is 481. The van der Waals surface area contributed by atoms with Crippen LogP contribution in [0, 0.1) is 10.8 Å². The highest BCUT2D eigenvalue weighted by atomic mass is 15.2. The fourth-order valence-corrected chi connectivity index (χ4v) is 1.43. The average Bonchev–Trinajstić information content (AvgIpc) is 2.20. The minimum absolute atomic E-state index is 0.442. The lowest BCUT2D eigenvalue weighted by molar-refractivity contribution is 1.34. The molecule has 4 nitrogen and oxygen atoms in total.